The average Bonchev–Trinajstić information content (AvgIpc) is 2.28. The fraction of sp³-hybridized carbons (Fsp3) is 0.333. The van der Waals surface area contributed by atoms with E-state index < -0.39 is 0 Å². The number of rotatable bonds is 4. The third-order valence-electron chi connectivity index (χ3n) is 2.36. The Kier molecular flexibility index (Phi) is 4.52. The van der Waals surface area contributed by atoms with E-state index in [2.05, 4.69) is 4.74 Å². The molecule has 92 valence electrons. The summed E-state index contributed by atoms with van der Waals surface area (Å²) in [5, 5.41) is 0.487. The molecule has 0 fully saturated rings. The molecule has 0 aliphatic heterocycles. The van der Waals surface area contributed by atoms with Crippen LogP contribution in [0.5, 0.6) is 0 Å². The summed E-state index contributed by atoms with van der Waals surface area (Å²) in [6.07, 6.45) is 0. The number of ether oxygens (including phenoxy) is 1. The molecular weight excluding hydrogens is 242 g/mol. The predicted molar refractivity (Wildman–Crippen MR) is 66.7 cm³/mol. The lowest BCUT2D eigenvalue weighted by molar-refractivity contribution is -0.138. The molecule has 1 rings (SSSR count). The number of nitrogens with zero attached hydrogens (tertiary/aromatic N) is 1. The highest BCUT2D eigenvalue weighted by Crippen LogP contribution is 2.26. The highest BCUT2D eigenvalue weighted by molar-refractivity contribution is 6.33. The fourth-order valence-electron chi connectivity index (χ4n) is 1.37. The van der Waals surface area contributed by atoms with Gasteiger partial charge in [-0.25, -0.2) is 0 Å². The number of hydrogen-bond acceptors (Lipinski definition) is 4. The Balaban J connectivity index is 2.99. The molecule has 0 unspecified atom stereocenters. The van der Waals surface area contributed by atoms with E-state index in [1.807, 2.05) is 0 Å². The third kappa shape index (κ3) is 3.46. The van der Waals surface area contributed by atoms with Crippen molar-refractivity contribution in [1.29, 1.82) is 0 Å². The van der Waals surface area contributed by atoms with Crippen LogP contribution >= 0.6 is 11.6 Å². The van der Waals surface area contributed by atoms with E-state index in [1.54, 1.807) is 30.1 Å². The van der Waals surface area contributed by atoms with E-state index in [1.165, 1.54) is 14.0 Å². The number of Topliss-reactive ketones (excluding diaryl/α,β-unsaturated/α-hetero) is 1. The number of halogens is 1. The van der Waals surface area contributed by atoms with Gasteiger partial charge in [-0.3, -0.25) is 9.59 Å². The predicted octanol–water partition coefficient (Wildman–Crippen LogP) is 2.15. The SMILES string of the molecule is COC(=O)CN(C)c1cc(C(C)=O)ccc1Cl. The Bertz CT molecular complexity index is 445. The van der Waals surface area contributed by atoms with Gasteiger partial charge in [0.15, 0.2) is 5.78 Å². The normalized spacial score (nSPS) is 9.88. The Labute approximate surface area is 105 Å². The van der Waals surface area contributed by atoms with E-state index in [4.69, 9.17) is 11.6 Å². The van der Waals surface area contributed by atoms with E-state index in [9.17, 15) is 9.59 Å². The van der Waals surface area contributed by atoms with Gasteiger partial charge in [0.2, 0.25) is 0 Å². The first kappa shape index (κ1) is 13.5. The van der Waals surface area contributed by atoms with Gasteiger partial charge in [0.1, 0.15) is 6.54 Å². The minimum atomic E-state index is -0.364. The average molecular weight is 256 g/mol. The molecule has 0 N–H and O–H groups in total. The zero-order valence-electron chi connectivity index (χ0n) is 9.99. The Morgan fingerprint density at radius 3 is 2.59 bits per heavy atom. The number of ketones is 1. The van der Waals surface area contributed by atoms with Gasteiger partial charge in [0.25, 0.3) is 0 Å². The topological polar surface area (TPSA) is 46.6 Å². The molecular formula is C12H14ClNO3. The largest absolute Gasteiger partial charge is 0.468 e. The lowest BCUT2D eigenvalue weighted by atomic mass is 10.1. The number of anilines is 1. The van der Waals surface area contributed by atoms with Crippen molar-refractivity contribution in [3.05, 3.63) is 28.8 Å². The summed E-state index contributed by atoms with van der Waals surface area (Å²) in [5.41, 5.74) is 1.19. The van der Waals surface area contributed by atoms with Crippen molar-refractivity contribution < 1.29 is 14.3 Å². The van der Waals surface area contributed by atoms with Crippen LogP contribution < -0.4 is 4.90 Å². The van der Waals surface area contributed by atoms with E-state index in [0.29, 0.717) is 16.3 Å². The lowest BCUT2D eigenvalue weighted by Gasteiger charge is -2.19. The summed E-state index contributed by atoms with van der Waals surface area (Å²) in [6.45, 7) is 1.56. The molecule has 0 saturated heterocycles. The molecule has 17 heavy (non-hydrogen) atoms. The molecule has 0 amide bonds. The summed E-state index contributed by atoms with van der Waals surface area (Å²) in [5.74, 6) is -0.411. The van der Waals surface area contributed by atoms with Crippen LogP contribution in [-0.4, -0.2) is 32.5 Å². The highest BCUT2D eigenvalue weighted by Gasteiger charge is 2.12. The van der Waals surface area contributed by atoms with Crippen LogP contribution in [0.25, 0.3) is 0 Å². The first-order valence-corrected chi connectivity index (χ1v) is 5.42. The smallest absolute Gasteiger partial charge is 0.325 e. The zero-order valence-corrected chi connectivity index (χ0v) is 10.7. The summed E-state index contributed by atoms with van der Waals surface area (Å²) in [4.78, 5) is 24.0. The van der Waals surface area contributed by atoms with Crippen LogP contribution in [-0.2, 0) is 9.53 Å². The number of hydrogen-bond donors (Lipinski definition) is 0. The quantitative estimate of drug-likeness (QED) is 0.611. The molecule has 1 aromatic rings. The molecule has 0 radical (unpaired) electrons. The van der Waals surface area contributed by atoms with Crippen LogP contribution in [0.15, 0.2) is 18.2 Å². The van der Waals surface area contributed by atoms with E-state index in [-0.39, 0.29) is 18.3 Å². The summed E-state index contributed by atoms with van der Waals surface area (Å²) in [6, 6.07) is 4.95. The first-order valence-electron chi connectivity index (χ1n) is 5.04. The first-order chi connectivity index (χ1) is 7.95. The second kappa shape index (κ2) is 5.68. The van der Waals surface area contributed by atoms with Crippen molar-refractivity contribution in [1.82, 2.24) is 0 Å². The standard InChI is InChI=1S/C12H14ClNO3/c1-8(15)9-4-5-10(13)11(6-9)14(2)7-12(16)17-3/h4-6H,7H2,1-3H3. The van der Waals surface area contributed by atoms with Crippen LogP contribution in [0.2, 0.25) is 5.02 Å². The molecule has 0 atom stereocenters. The maximum atomic E-state index is 11.3. The van der Waals surface area contributed by atoms with Gasteiger partial charge in [-0.1, -0.05) is 11.6 Å². The fourth-order valence-corrected chi connectivity index (χ4v) is 1.63. The maximum absolute atomic E-state index is 11.3. The summed E-state index contributed by atoms with van der Waals surface area (Å²) in [7, 11) is 3.03. The Morgan fingerprint density at radius 1 is 1.41 bits per heavy atom. The second-order valence-electron chi connectivity index (χ2n) is 3.65. The molecule has 5 heteroatoms. The highest BCUT2D eigenvalue weighted by atomic mass is 35.5. The van der Waals surface area contributed by atoms with Crippen molar-refractivity contribution in [3.63, 3.8) is 0 Å². The Morgan fingerprint density at radius 2 is 2.06 bits per heavy atom. The molecule has 0 aliphatic carbocycles. The number of carbonyl (C=O) groups is 2. The van der Waals surface area contributed by atoms with Crippen LogP contribution in [0.1, 0.15) is 17.3 Å². The van der Waals surface area contributed by atoms with E-state index in [0.717, 1.165) is 0 Å². The number of likely N-dealkylation sites (N-methyl/N-ethyl adjacent to an activating group) is 1. The van der Waals surface area contributed by atoms with Gasteiger partial charge in [-0.05, 0) is 25.1 Å². The molecule has 0 spiro atoms. The number of methoxy groups -OCH3 is 1. The van der Waals surface area contributed by atoms with Gasteiger partial charge in [0, 0.05) is 12.6 Å². The molecule has 0 bridgehead atoms. The van der Waals surface area contributed by atoms with Crippen LogP contribution in [0.4, 0.5) is 5.69 Å². The van der Waals surface area contributed by atoms with Gasteiger partial charge in [-0.15, -0.1) is 0 Å². The van der Waals surface area contributed by atoms with Crippen molar-refractivity contribution in [2.24, 2.45) is 0 Å². The van der Waals surface area contributed by atoms with Crippen molar-refractivity contribution in [2.75, 3.05) is 25.6 Å². The van der Waals surface area contributed by atoms with Crippen LogP contribution in [0.3, 0.4) is 0 Å². The van der Waals surface area contributed by atoms with Crippen LogP contribution in [0, 0.1) is 0 Å². The second-order valence-corrected chi connectivity index (χ2v) is 4.06. The minimum Gasteiger partial charge on any atom is -0.468 e. The van der Waals surface area contributed by atoms with Crippen molar-refractivity contribution >= 4 is 29.0 Å². The summed E-state index contributed by atoms with van der Waals surface area (Å²) >= 11 is 6.02. The lowest BCUT2D eigenvalue weighted by Crippen LogP contribution is -2.26. The molecule has 0 aliphatic rings. The molecule has 1 aromatic carbocycles. The maximum Gasteiger partial charge on any atom is 0.325 e. The van der Waals surface area contributed by atoms with E-state index >= 15 is 0 Å². The number of esters is 1. The van der Waals surface area contributed by atoms with Crippen molar-refractivity contribution in [3.8, 4) is 0 Å². The third-order valence-corrected chi connectivity index (χ3v) is 2.68. The Hall–Kier alpha value is -1.55. The number of benzene rings is 1. The van der Waals surface area contributed by atoms with Gasteiger partial charge < -0.3 is 9.64 Å². The minimum absolute atomic E-state index is 0.0469. The van der Waals surface area contributed by atoms with Gasteiger partial charge >= 0.3 is 5.97 Å². The monoisotopic (exact) mass is 255 g/mol. The zero-order chi connectivity index (χ0) is 13.0. The molecule has 0 heterocycles. The van der Waals surface area contributed by atoms with Gasteiger partial charge in [-0.2, -0.15) is 0 Å². The summed E-state index contributed by atoms with van der Waals surface area (Å²) < 4.78 is 4.57. The molecule has 0 aromatic heterocycles. The molecule has 4 nitrogen and oxygen atoms in total. The van der Waals surface area contributed by atoms with Gasteiger partial charge in [0.05, 0.1) is 17.8 Å². The van der Waals surface area contributed by atoms with Crippen molar-refractivity contribution in [2.45, 2.75) is 6.92 Å². The number of carbonyl (C=O) groups excluding carboxylic acids is 2. The molecule has 0 saturated carbocycles.